The zero-order valence-electron chi connectivity index (χ0n) is 7.83. The second kappa shape index (κ2) is 4.50. The van der Waals surface area contributed by atoms with Gasteiger partial charge >= 0.3 is 5.97 Å². The number of carbonyl (C=O) groups is 1. The van der Waals surface area contributed by atoms with Crippen LogP contribution in [-0.4, -0.2) is 20.1 Å². The first-order chi connectivity index (χ1) is 6.27. The standard InChI is InChI=1S/C10H13NO2/c1-11-9-6-4-3-5-8(9)7-10(12)13-2/h3-6,11H,7H2,1-2H3. The number of rotatable bonds is 3. The lowest BCUT2D eigenvalue weighted by Gasteiger charge is -2.06. The summed E-state index contributed by atoms with van der Waals surface area (Å²) in [5.74, 6) is -0.220. The van der Waals surface area contributed by atoms with Crippen LogP contribution in [0.4, 0.5) is 5.69 Å². The van der Waals surface area contributed by atoms with Crippen LogP contribution in [0.2, 0.25) is 0 Å². The van der Waals surface area contributed by atoms with E-state index in [1.807, 2.05) is 31.3 Å². The molecule has 0 aliphatic carbocycles. The molecule has 1 aromatic rings. The summed E-state index contributed by atoms with van der Waals surface area (Å²) in [6.45, 7) is 0. The number of nitrogens with one attached hydrogen (secondary N) is 1. The van der Waals surface area contributed by atoms with E-state index in [9.17, 15) is 4.79 Å². The van der Waals surface area contributed by atoms with Crippen molar-refractivity contribution in [2.75, 3.05) is 19.5 Å². The molecule has 0 fully saturated rings. The Bertz CT molecular complexity index is 297. The molecule has 3 heteroatoms. The molecule has 0 saturated carbocycles. The Morgan fingerprint density at radius 2 is 2.15 bits per heavy atom. The van der Waals surface area contributed by atoms with Crippen molar-refractivity contribution >= 4 is 11.7 Å². The number of esters is 1. The summed E-state index contributed by atoms with van der Waals surface area (Å²) in [4.78, 5) is 11.0. The summed E-state index contributed by atoms with van der Waals surface area (Å²) in [5, 5.41) is 3.02. The third-order valence-electron chi connectivity index (χ3n) is 1.85. The highest BCUT2D eigenvalue weighted by molar-refractivity contribution is 5.75. The van der Waals surface area contributed by atoms with Gasteiger partial charge in [-0.3, -0.25) is 4.79 Å². The molecule has 0 radical (unpaired) electrons. The molecule has 0 aliphatic rings. The van der Waals surface area contributed by atoms with Crippen LogP contribution in [-0.2, 0) is 16.0 Å². The van der Waals surface area contributed by atoms with E-state index in [1.54, 1.807) is 0 Å². The summed E-state index contributed by atoms with van der Waals surface area (Å²) < 4.78 is 4.59. The zero-order chi connectivity index (χ0) is 9.68. The van der Waals surface area contributed by atoms with Gasteiger partial charge in [-0.25, -0.2) is 0 Å². The van der Waals surface area contributed by atoms with Gasteiger partial charge in [-0.05, 0) is 11.6 Å². The highest BCUT2D eigenvalue weighted by atomic mass is 16.5. The molecule has 1 rings (SSSR count). The van der Waals surface area contributed by atoms with Gasteiger partial charge in [0, 0.05) is 12.7 Å². The van der Waals surface area contributed by atoms with E-state index in [-0.39, 0.29) is 5.97 Å². The van der Waals surface area contributed by atoms with Crippen molar-refractivity contribution in [1.82, 2.24) is 0 Å². The molecule has 70 valence electrons. The second-order valence-electron chi connectivity index (χ2n) is 2.66. The molecule has 0 spiro atoms. The van der Waals surface area contributed by atoms with E-state index in [1.165, 1.54) is 7.11 Å². The highest BCUT2D eigenvalue weighted by Crippen LogP contribution is 2.14. The molecule has 0 unspecified atom stereocenters. The predicted molar refractivity (Wildman–Crippen MR) is 51.7 cm³/mol. The van der Waals surface area contributed by atoms with Crippen molar-refractivity contribution < 1.29 is 9.53 Å². The number of anilines is 1. The van der Waals surface area contributed by atoms with Gasteiger partial charge in [0.25, 0.3) is 0 Å². The third kappa shape index (κ3) is 2.47. The maximum absolute atomic E-state index is 11.0. The Morgan fingerprint density at radius 1 is 1.46 bits per heavy atom. The predicted octanol–water partition coefficient (Wildman–Crippen LogP) is 1.44. The average molecular weight is 179 g/mol. The van der Waals surface area contributed by atoms with Gasteiger partial charge in [0.15, 0.2) is 0 Å². The summed E-state index contributed by atoms with van der Waals surface area (Å²) in [7, 11) is 3.22. The number of hydrogen-bond donors (Lipinski definition) is 1. The smallest absolute Gasteiger partial charge is 0.310 e. The fraction of sp³-hybridized carbons (Fsp3) is 0.300. The monoisotopic (exact) mass is 179 g/mol. The zero-order valence-corrected chi connectivity index (χ0v) is 7.83. The number of hydrogen-bond acceptors (Lipinski definition) is 3. The Kier molecular flexibility index (Phi) is 3.31. The fourth-order valence-corrected chi connectivity index (χ4v) is 1.15. The van der Waals surface area contributed by atoms with E-state index in [0.717, 1.165) is 11.3 Å². The first-order valence-electron chi connectivity index (χ1n) is 4.10. The minimum Gasteiger partial charge on any atom is -0.469 e. The third-order valence-corrected chi connectivity index (χ3v) is 1.85. The number of carbonyl (C=O) groups excluding carboxylic acids is 1. The van der Waals surface area contributed by atoms with E-state index < -0.39 is 0 Å². The largest absolute Gasteiger partial charge is 0.469 e. The molecule has 3 nitrogen and oxygen atoms in total. The van der Waals surface area contributed by atoms with Gasteiger partial charge in [0.1, 0.15) is 0 Å². The summed E-state index contributed by atoms with van der Waals surface area (Å²) in [6.07, 6.45) is 0.313. The minimum atomic E-state index is -0.220. The summed E-state index contributed by atoms with van der Waals surface area (Å²) in [6, 6.07) is 7.66. The van der Waals surface area contributed by atoms with Crippen LogP contribution in [0.5, 0.6) is 0 Å². The number of methoxy groups -OCH3 is 1. The van der Waals surface area contributed by atoms with Crippen molar-refractivity contribution in [2.45, 2.75) is 6.42 Å². The molecule has 0 aliphatic heterocycles. The lowest BCUT2D eigenvalue weighted by molar-refractivity contribution is -0.139. The van der Waals surface area contributed by atoms with Crippen molar-refractivity contribution in [2.24, 2.45) is 0 Å². The van der Waals surface area contributed by atoms with Crippen LogP contribution in [0.25, 0.3) is 0 Å². The molecule has 1 aromatic carbocycles. The van der Waals surface area contributed by atoms with Gasteiger partial charge < -0.3 is 10.1 Å². The second-order valence-corrected chi connectivity index (χ2v) is 2.66. The summed E-state index contributed by atoms with van der Waals surface area (Å²) in [5.41, 5.74) is 1.92. The van der Waals surface area contributed by atoms with Crippen LogP contribution in [0.15, 0.2) is 24.3 Å². The highest BCUT2D eigenvalue weighted by Gasteiger charge is 2.05. The molecule has 0 saturated heterocycles. The molecule has 0 heterocycles. The number of para-hydroxylation sites is 1. The Morgan fingerprint density at radius 3 is 2.77 bits per heavy atom. The topological polar surface area (TPSA) is 38.3 Å². The van der Waals surface area contributed by atoms with Crippen molar-refractivity contribution in [1.29, 1.82) is 0 Å². The number of ether oxygens (including phenoxy) is 1. The first kappa shape index (κ1) is 9.58. The van der Waals surface area contributed by atoms with E-state index in [2.05, 4.69) is 10.1 Å². The van der Waals surface area contributed by atoms with E-state index in [0.29, 0.717) is 6.42 Å². The van der Waals surface area contributed by atoms with E-state index >= 15 is 0 Å². The molecule has 0 amide bonds. The summed E-state index contributed by atoms with van der Waals surface area (Å²) >= 11 is 0. The molecular formula is C10H13NO2. The average Bonchev–Trinajstić information content (AvgIpc) is 2.18. The van der Waals surface area contributed by atoms with Crippen LogP contribution in [0.1, 0.15) is 5.56 Å². The van der Waals surface area contributed by atoms with Gasteiger partial charge in [0.2, 0.25) is 0 Å². The SMILES string of the molecule is CNc1ccccc1CC(=O)OC. The molecule has 0 atom stereocenters. The van der Waals surface area contributed by atoms with Crippen molar-refractivity contribution in [3.05, 3.63) is 29.8 Å². The quantitative estimate of drug-likeness (QED) is 0.713. The van der Waals surface area contributed by atoms with Gasteiger partial charge in [-0.1, -0.05) is 18.2 Å². The Balaban J connectivity index is 2.81. The molecular weight excluding hydrogens is 166 g/mol. The Labute approximate surface area is 77.7 Å². The van der Waals surface area contributed by atoms with E-state index in [4.69, 9.17) is 0 Å². The van der Waals surface area contributed by atoms with Crippen molar-refractivity contribution in [3.8, 4) is 0 Å². The maximum Gasteiger partial charge on any atom is 0.310 e. The first-order valence-corrected chi connectivity index (χ1v) is 4.10. The normalized spacial score (nSPS) is 9.38. The minimum absolute atomic E-state index is 0.220. The molecule has 0 bridgehead atoms. The molecule has 1 N–H and O–H groups in total. The van der Waals surface area contributed by atoms with Crippen LogP contribution in [0, 0.1) is 0 Å². The van der Waals surface area contributed by atoms with Gasteiger partial charge in [-0.15, -0.1) is 0 Å². The van der Waals surface area contributed by atoms with Crippen LogP contribution in [0.3, 0.4) is 0 Å². The fourth-order valence-electron chi connectivity index (χ4n) is 1.15. The number of benzene rings is 1. The Hall–Kier alpha value is -1.51. The van der Waals surface area contributed by atoms with Crippen molar-refractivity contribution in [3.63, 3.8) is 0 Å². The molecule has 13 heavy (non-hydrogen) atoms. The van der Waals surface area contributed by atoms with Gasteiger partial charge in [0.05, 0.1) is 13.5 Å². The lowest BCUT2D eigenvalue weighted by atomic mass is 10.1. The van der Waals surface area contributed by atoms with Crippen LogP contribution >= 0.6 is 0 Å². The van der Waals surface area contributed by atoms with Crippen LogP contribution < -0.4 is 5.32 Å². The van der Waals surface area contributed by atoms with Gasteiger partial charge in [-0.2, -0.15) is 0 Å². The lowest BCUT2D eigenvalue weighted by Crippen LogP contribution is -2.06. The molecule has 0 aromatic heterocycles. The maximum atomic E-state index is 11.0.